The zero-order chi connectivity index (χ0) is 17.8. The number of halogens is 1. The van der Waals surface area contributed by atoms with Crippen molar-refractivity contribution >= 4 is 57.9 Å². The third-order valence-corrected chi connectivity index (χ3v) is 5.06. The zero-order valence-corrected chi connectivity index (χ0v) is 15.3. The van der Waals surface area contributed by atoms with Crippen molar-refractivity contribution in [1.82, 2.24) is 0 Å². The van der Waals surface area contributed by atoms with Crippen molar-refractivity contribution in [2.45, 2.75) is 0 Å². The van der Waals surface area contributed by atoms with Crippen LogP contribution in [0.1, 0.15) is 0 Å². The molecule has 0 aliphatic carbocycles. The Hall–Kier alpha value is -2.33. The second kappa shape index (κ2) is 7.70. The molecular formula is C18H12ClN3OS2. The van der Waals surface area contributed by atoms with Gasteiger partial charge in [-0.1, -0.05) is 53.8 Å². The number of hydrogen-bond donors (Lipinski definition) is 1. The van der Waals surface area contributed by atoms with Crippen LogP contribution in [0.2, 0.25) is 5.02 Å². The van der Waals surface area contributed by atoms with Crippen LogP contribution in [0.25, 0.3) is 0 Å². The van der Waals surface area contributed by atoms with Crippen molar-refractivity contribution < 1.29 is 4.79 Å². The SMILES string of the molecule is N#C/C(C(=S)Nc1ccc(Cl)cc1)=C1\SCC(=O)N1c1ccccc1. The molecule has 1 aliphatic rings. The van der Waals surface area contributed by atoms with Crippen LogP contribution in [0.5, 0.6) is 0 Å². The molecule has 0 radical (unpaired) electrons. The fourth-order valence-electron chi connectivity index (χ4n) is 2.32. The highest BCUT2D eigenvalue weighted by atomic mass is 35.5. The van der Waals surface area contributed by atoms with Gasteiger partial charge in [0.1, 0.15) is 21.7 Å². The van der Waals surface area contributed by atoms with Crippen molar-refractivity contribution in [3.8, 4) is 6.07 Å². The first-order valence-corrected chi connectivity index (χ1v) is 9.09. The minimum Gasteiger partial charge on any atom is -0.345 e. The van der Waals surface area contributed by atoms with Crippen LogP contribution in [0.3, 0.4) is 0 Å². The maximum Gasteiger partial charge on any atom is 0.242 e. The van der Waals surface area contributed by atoms with Crippen LogP contribution in [-0.2, 0) is 4.79 Å². The van der Waals surface area contributed by atoms with Crippen molar-refractivity contribution in [3.05, 3.63) is 70.2 Å². The Bertz CT molecular complexity index is 889. The quantitative estimate of drug-likeness (QED) is 0.475. The molecule has 0 aromatic heterocycles. The first-order valence-electron chi connectivity index (χ1n) is 7.32. The Kier molecular flexibility index (Phi) is 5.39. The van der Waals surface area contributed by atoms with Crippen molar-refractivity contribution in [3.63, 3.8) is 0 Å². The number of rotatable bonds is 3. The van der Waals surface area contributed by atoms with Crippen LogP contribution in [0.4, 0.5) is 11.4 Å². The van der Waals surface area contributed by atoms with Crippen LogP contribution in [0.15, 0.2) is 65.2 Å². The van der Waals surface area contributed by atoms with Crippen LogP contribution < -0.4 is 10.2 Å². The molecule has 0 atom stereocenters. The Balaban J connectivity index is 1.94. The van der Waals surface area contributed by atoms with Gasteiger partial charge in [-0.05, 0) is 36.4 Å². The number of para-hydroxylation sites is 1. The number of amides is 1. The number of thiocarbonyl (C=S) groups is 1. The molecule has 25 heavy (non-hydrogen) atoms. The third kappa shape index (κ3) is 3.85. The lowest BCUT2D eigenvalue weighted by atomic mass is 10.2. The number of nitrogens with zero attached hydrogens (tertiary/aromatic N) is 2. The number of hydrogen-bond acceptors (Lipinski definition) is 4. The summed E-state index contributed by atoms with van der Waals surface area (Å²) in [5.41, 5.74) is 1.71. The molecule has 1 amide bonds. The van der Waals surface area contributed by atoms with E-state index in [1.807, 2.05) is 30.3 Å². The Morgan fingerprint density at radius 1 is 1.20 bits per heavy atom. The summed E-state index contributed by atoms with van der Waals surface area (Å²) < 4.78 is 0. The Labute approximate surface area is 160 Å². The van der Waals surface area contributed by atoms with E-state index in [0.29, 0.717) is 10.1 Å². The summed E-state index contributed by atoms with van der Waals surface area (Å²) in [5.74, 6) is 0.201. The van der Waals surface area contributed by atoms with Gasteiger partial charge in [0.25, 0.3) is 0 Å². The minimum absolute atomic E-state index is 0.0757. The maximum absolute atomic E-state index is 12.3. The van der Waals surface area contributed by atoms with Crippen LogP contribution >= 0.6 is 35.6 Å². The van der Waals surface area contributed by atoms with E-state index in [1.165, 1.54) is 11.8 Å². The van der Waals surface area contributed by atoms with Crippen molar-refractivity contribution in [2.24, 2.45) is 0 Å². The van der Waals surface area contributed by atoms with Crippen molar-refractivity contribution in [2.75, 3.05) is 16.0 Å². The smallest absolute Gasteiger partial charge is 0.242 e. The number of anilines is 2. The predicted molar refractivity (Wildman–Crippen MR) is 107 cm³/mol. The van der Waals surface area contributed by atoms with E-state index in [1.54, 1.807) is 29.2 Å². The van der Waals surface area contributed by atoms with Gasteiger partial charge in [0, 0.05) is 16.4 Å². The standard InChI is InChI=1S/C18H12ClN3OS2/c19-12-6-8-13(9-7-12)21-17(24)15(10-20)18-22(16(23)11-25-18)14-4-2-1-3-5-14/h1-9H,11H2,(H,21,24)/b18-15+. The minimum atomic E-state index is -0.0757. The highest BCUT2D eigenvalue weighted by Crippen LogP contribution is 2.36. The molecule has 124 valence electrons. The highest BCUT2D eigenvalue weighted by molar-refractivity contribution is 8.04. The zero-order valence-electron chi connectivity index (χ0n) is 12.9. The van der Waals surface area contributed by atoms with E-state index >= 15 is 0 Å². The largest absolute Gasteiger partial charge is 0.345 e. The number of nitriles is 1. The summed E-state index contributed by atoms with van der Waals surface area (Å²) in [6, 6.07) is 18.4. The van der Waals surface area contributed by atoms with Crippen LogP contribution in [0, 0.1) is 11.3 Å². The topological polar surface area (TPSA) is 56.1 Å². The van der Waals surface area contributed by atoms with E-state index < -0.39 is 0 Å². The predicted octanol–water partition coefficient (Wildman–Crippen LogP) is 4.59. The van der Waals surface area contributed by atoms with Gasteiger partial charge >= 0.3 is 0 Å². The summed E-state index contributed by atoms with van der Waals surface area (Å²) in [6.45, 7) is 0. The van der Waals surface area contributed by atoms with E-state index in [-0.39, 0.29) is 22.2 Å². The molecule has 0 bridgehead atoms. The fraction of sp³-hybridized carbons (Fsp3) is 0.0556. The molecule has 7 heteroatoms. The lowest BCUT2D eigenvalue weighted by Gasteiger charge is -2.19. The van der Waals surface area contributed by atoms with Crippen molar-refractivity contribution in [1.29, 1.82) is 5.26 Å². The van der Waals surface area contributed by atoms with Gasteiger partial charge in [-0.3, -0.25) is 9.69 Å². The summed E-state index contributed by atoms with van der Waals surface area (Å²) in [4.78, 5) is 14.1. The molecule has 2 aromatic carbocycles. The third-order valence-electron chi connectivity index (χ3n) is 3.45. The number of benzene rings is 2. The lowest BCUT2D eigenvalue weighted by molar-refractivity contribution is -0.115. The number of nitrogens with one attached hydrogen (secondary N) is 1. The van der Waals surface area contributed by atoms with Crippen LogP contribution in [-0.4, -0.2) is 16.6 Å². The molecular weight excluding hydrogens is 374 g/mol. The lowest BCUT2D eigenvalue weighted by Crippen LogP contribution is -2.26. The molecule has 1 N–H and O–H groups in total. The number of thioether (sulfide) groups is 1. The molecule has 0 spiro atoms. The van der Waals surface area contributed by atoms with Gasteiger partial charge in [-0.2, -0.15) is 5.26 Å². The summed E-state index contributed by atoms with van der Waals surface area (Å²) in [5, 5.41) is 13.8. The summed E-state index contributed by atoms with van der Waals surface area (Å²) in [7, 11) is 0. The Morgan fingerprint density at radius 3 is 2.52 bits per heavy atom. The molecule has 1 fully saturated rings. The van der Waals surface area contributed by atoms with Gasteiger partial charge < -0.3 is 5.32 Å². The van der Waals surface area contributed by atoms with E-state index in [9.17, 15) is 10.1 Å². The first-order chi connectivity index (χ1) is 12.1. The molecule has 0 saturated carbocycles. The second-order valence-corrected chi connectivity index (χ2v) is 6.92. The monoisotopic (exact) mass is 385 g/mol. The molecule has 1 heterocycles. The Morgan fingerprint density at radius 2 is 1.88 bits per heavy atom. The molecule has 0 unspecified atom stereocenters. The fourth-order valence-corrected chi connectivity index (χ4v) is 3.79. The van der Waals surface area contributed by atoms with Gasteiger partial charge in [-0.15, -0.1) is 0 Å². The van der Waals surface area contributed by atoms with E-state index in [2.05, 4.69) is 11.4 Å². The molecule has 1 aliphatic heterocycles. The second-order valence-electron chi connectivity index (χ2n) is 5.11. The highest BCUT2D eigenvalue weighted by Gasteiger charge is 2.32. The van der Waals surface area contributed by atoms with Gasteiger partial charge in [0.2, 0.25) is 5.91 Å². The first kappa shape index (κ1) is 17.5. The van der Waals surface area contributed by atoms with E-state index in [0.717, 1.165) is 11.4 Å². The number of carbonyl (C=O) groups is 1. The molecule has 4 nitrogen and oxygen atoms in total. The van der Waals surface area contributed by atoms with Gasteiger partial charge in [0.15, 0.2) is 0 Å². The van der Waals surface area contributed by atoms with Gasteiger partial charge in [0.05, 0.1) is 5.75 Å². The summed E-state index contributed by atoms with van der Waals surface area (Å²) >= 11 is 12.6. The molecule has 3 rings (SSSR count). The normalized spacial score (nSPS) is 15.7. The average Bonchev–Trinajstić information content (AvgIpc) is 3.00. The molecule has 2 aromatic rings. The number of carbonyl (C=O) groups excluding carboxylic acids is 1. The molecule has 1 saturated heterocycles. The van der Waals surface area contributed by atoms with Gasteiger partial charge in [-0.25, -0.2) is 0 Å². The van der Waals surface area contributed by atoms with E-state index in [4.69, 9.17) is 23.8 Å². The average molecular weight is 386 g/mol. The maximum atomic E-state index is 12.3. The summed E-state index contributed by atoms with van der Waals surface area (Å²) in [6.07, 6.45) is 0.